The van der Waals surface area contributed by atoms with Gasteiger partial charge in [0.1, 0.15) is 22.9 Å². The summed E-state index contributed by atoms with van der Waals surface area (Å²) in [6.07, 6.45) is 0. The summed E-state index contributed by atoms with van der Waals surface area (Å²) in [7, 11) is 0. The first-order chi connectivity index (χ1) is 12.9. The Hall–Kier alpha value is -1.74. The van der Waals surface area contributed by atoms with Crippen molar-refractivity contribution in [3.05, 3.63) is 53.0 Å². The lowest BCUT2D eigenvalue weighted by atomic mass is 10.0. The normalized spacial score (nSPS) is 13.4. The SMILES string of the molecule is CCNC(=NCc1ccc(OCC)c(C)c1)NCC(C)(O)c1ccc(C)o1.I. The van der Waals surface area contributed by atoms with E-state index in [0.717, 1.165) is 29.2 Å². The van der Waals surface area contributed by atoms with Gasteiger partial charge in [-0.1, -0.05) is 12.1 Å². The molecule has 0 saturated carbocycles. The number of nitrogens with one attached hydrogen (secondary N) is 2. The molecule has 1 atom stereocenters. The number of aryl methyl sites for hydroxylation is 2. The summed E-state index contributed by atoms with van der Waals surface area (Å²) in [4.78, 5) is 4.61. The zero-order chi connectivity index (χ0) is 19.9. The molecule has 7 heteroatoms. The molecular formula is C21H32IN3O3. The van der Waals surface area contributed by atoms with Crippen LogP contribution in [-0.2, 0) is 12.1 Å². The molecule has 0 aliphatic carbocycles. The lowest BCUT2D eigenvalue weighted by Gasteiger charge is -2.22. The van der Waals surface area contributed by atoms with E-state index < -0.39 is 5.60 Å². The van der Waals surface area contributed by atoms with E-state index in [4.69, 9.17) is 9.15 Å². The van der Waals surface area contributed by atoms with Gasteiger partial charge in [0.15, 0.2) is 5.96 Å². The van der Waals surface area contributed by atoms with Gasteiger partial charge < -0.3 is 24.9 Å². The zero-order valence-electron chi connectivity index (χ0n) is 17.3. The van der Waals surface area contributed by atoms with Crippen LogP contribution in [-0.4, -0.2) is 30.8 Å². The van der Waals surface area contributed by atoms with Gasteiger partial charge in [-0.2, -0.15) is 0 Å². The standard InChI is InChI=1S/C21H31N3O3.HI/c1-6-22-20(24-14-21(5,25)19-11-8-16(4)27-19)23-13-17-9-10-18(26-7-2)15(3)12-17;/h8-12,25H,6-7,13-14H2,1-5H3,(H2,22,23,24);1H. The van der Waals surface area contributed by atoms with Gasteiger partial charge in [-0.25, -0.2) is 4.99 Å². The zero-order valence-corrected chi connectivity index (χ0v) is 19.7. The summed E-state index contributed by atoms with van der Waals surface area (Å²) < 4.78 is 11.1. The van der Waals surface area contributed by atoms with Crippen LogP contribution < -0.4 is 15.4 Å². The molecule has 0 spiro atoms. The lowest BCUT2D eigenvalue weighted by Crippen LogP contribution is -2.44. The van der Waals surface area contributed by atoms with Crippen LogP contribution in [0, 0.1) is 13.8 Å². The second-order valence-electron chi connectivity index (χ2n) is 6.77. The fraction of sp³-hybridized carbons (Fsp3) is 0.476. The van der Waals surface area contributed by atoms with Crippen LogP contribution in [0.3, 0.4) is 0 Å². The van der Waals surface area contributed by atoms with Crippen molar-refractivity contribution in [1.82, 2.24) is 10.6 Å². The molecule has 3 N–H and O–H groups in total. The molecule has 1 heterocycles. The molecule has 0 aliphatic heterocycles. The fourth-order valence-electron chi connectivity index (χ4n) is 2.71. The third-order valence-electron chi connectivity index (χ3n) is 4.17. The minimum Gasteiger partial charge on any atom is -0.494 e. The molecule has 28 heavy (non-hydrogen) atoms. The van der Waals surface area contributed by atoms with Gasteiger partial charge in [-0.3, -0.25) is 0 Å². The predicted molar refractivity (Wildman–Crippen MR) is 124 cm³/mol. The highest BCUT2D eigenvalue weighted by atomic mass is 127. The van der Waals surface area contributed by atoms with Crippen molar-refractivity contribution in [3.63, 3.8) is 0 Å². The molecule has 0 radical (unpaired) electrons. The van der Waals surface area contributed by atoms with E-state index in [2.05, 4.69) is 21.7 Å². The first-order valence-electron chi connectivity index (χ1n) is 9.39. The quantitative estimate of drug-likeness (QED) is 0.291. The third-order valence-corrected chi connectivity index (χ3v) is 4.17. The Kier molecular flexibility index (Phi) is 9.81. The molecule has 6 nitrogen and oxygen atoms in total. The van der Waals surface area contributed by atoms with Gasteiger partial charge in [0, 0.05) is 6.54 Å². The maximum absolute atomic E-state index is 10.7. The molecule has 2 rings (SSSR count). The van der Waals surface area contributed by atoms with Crippen molar-refractivity contribution in [2.75, 3.05) is 19.7 Å². The Bertz CT molecular complexity index is 772. The van der Waals surface area contributed by atoms with Crippen LogP contribution in [0.1, 0.15) is 43.4 Å². The fourth-order valence-corrected chi connectivity index (χ4v) is 2.71. The van der Waals surface area contributed by atoms with Crippen molar-refractivity contribution in [2.45, 2.75) is 46.8 Å². The number of ether oxygens (including phenoxy) is 1. The number of halogens is 1. The third kappa shape index (κ3) is 7.01. The summed E-state index contributed by atoms with van der Waals surface area (Å²) in [5, 5.41) is 17.1. The molecule has 2 aromatic rings. The van der Waals surface area contributed by atoms with E-state index in [1.807, 2.05) is 45.9 Å². The van der Waals surface area contributed by atoms with Gasteiger partial charge in [0.05, 0.1) is 19.7 Å². The Morgan fingerprint density at radius 3 is 2.50 bits per heavy atom. The molecular weight excluding hydrogens is 469 g/mol. The molecule has 0 bridgehead atoms. The average molecular weight is 501 g/mol. The number of aliphatic imine (C=N–C) groups is 1. The smallest absolute Gasteiger partial charge is 0.191 e. The van der Waals surface area contributed by atoms with Gasteiger partial charge in [-0.05, 0) is 63.9 Å². The predicted octanol–water partition coefficient (Wildman–Crippen LogP) is 3.88. The topological polar surface area (TPSA) is 79.0 Å². The molecule has 1 unspecified atom stereocenters. The number of hydrogen-bond acceptors (Lipinski definition) is 4. The number of nitrogens with zero attached hydrogens (tertiary/aromatic N) is 1. The Balaban J connectivity index is 0.00000392. The van der Waals surface area contributed by atoms with Crippen LogP contribution in [0.4, 0.5) is 0 Å². The molecule has 156 valence electrons. The number of benzene rings is 1. The van der Waals surface area contributed by atoms with Gasteiger partial charge in [0.2, 0.25) is 0 Å². The van der Waals surface area contributed by atoms with E-state index >= 15 is 0 Å². The van der Waals surface area contributed by atoms with Crippen molar-refractivity contribution in [3.8, 4) is 5.75 Å². The molecule has 0 aliphatic rings. The van der Waals surface area contributed by atoms with Crippen molar-refractivity contribution in [2.24, 2.45) is 4.99 Å². The summed E-state index contributed by atoms with van der Waals surface area (Å²) in [5.74, 6) is 2.86. The van der Waals surface area contributed by atoms with E-state index in [0.29, 0.717) is 24.9 Å². The first-order valence-corrected chi connectivity index (χ1v) is 9.39. The molecule has 1 aromatic heterocycles. The monoisotopic (exact) mass is 501 g/mol. The molecule has 0 saturated heterocycles. The van der Waals surface area contributed by atoms with E-state index in [9.17, 15) is 5.11 Å². The van der Waals surface area contributed by atoms with Crippen LogP contribution in [0.15, 0.2) is 39.7 Å². The largest absolute Gasteiger partial charge is 0.494 e. The second kappa shape index (κ2) is 11.3. The highest BCUT2D eigenvalue weighted by molar-refractivity contribution is 14.0. The van der Waals surface area contributed by atoms with E-state index in [1.54, 1.807) is 13.0 Å². The van der Waals surface area contributed by atoms with Crippen LogP contribution in [0.5, 0.6) is 5.75 Å². The van der Waals surface area contributed by atoms with Crippen molar-refractivity contribution >= 4 is 29.9 Å². The summed E-state index contributed by atoms with van der Waals surface area (Å²) >= 11 is 0. The lowest BCUT2D eigenvalue weighted by molar-refractivity contribution is 0.0378. The van der Waals surface area contributed by atoms with Gasteiger partial charge >= 0.3 is 0 Å². The van der Waals surface area contributed by atoms with Crippen molar-refractivity contribution in [1.29, 1.82) is 0 Å². The van der Waals surface area contributed by atoms with Crippen LogP contribution in [0.25, 0.3) is 0 Å². The summed E-state index contributed by atoms with van der Waals surface area (Å²) in [5.41, 5.74) is 1.07. The number of aliphatic hydroxyl groups is 1. The first kappa shape index (κ1) is 24.3. The molecule has 0 amide bonds. The van der Waals surface area contributed by atoms with E-state index in [-0.39, 0.29) is 30.5 Å². The number of furan rings is 1. The maximum atomic E-state index is 10.7. The average Bonchev–Trinajstić information content (AvgIpc) is 3.07. The Morgan fingerprint density at radius 2 is 1.93 bits per heavy atom. The highest BCUT2D eigenvalue weighted by Gasteiger charge is 2.27. The Morgan fingerprint density at radius 1 is 1.18 bits per heavy atom. The maximum Gasteiger partial charge on any atom is 0.191 e. The second-order valence-corrected chi connectivity index (χ2v) is 6.77. The van der Waals surface area contributed by atoms with Crippen LogP contribution >= 0.6 is 24.0 Å². The van der Waals surface area contributed by atoms with Gasteiger partial charge in [0.25, 0.3) is 0 Å². The minimum absolute atomic E-state index is 0. The van der Waals surface area contributed by atoms with E-state index in [1.165, 1.54) is 0 Å². The Labute approximate surface area is 184 Å². The molecule has 0 fully saturated rings. The number of rotatable bonds is 8. The van der Waals surface area contributed by atoms with Gasteiger partial charge in [-0.15, -0.1) is 24.0 Å². The minimum atomic E-state index is -1.12. The summed E-state index contributed by atoms with van der Waals surface area (Å²) in [6.45, 7) is 11.8. The summed E-state index contributed by atoms with van der Waals surface area (Å²) in [6, 6.07) is 9.72. The molecule has 1 aromatic carbocycles. The van der Waals surface area contributed by atoms with Crippen molar-refractivity contribution < 1.29 is 14.3 Å². The highest BCUT2D eigenvalue weighted by Crippen LogP contribution is 2.22. The number of guanidine groups is 1. The van der Waals surface area contributed by atoms with Crippen LogP contribution in [0.2, 0.25) is 0 Å². The number of hydrogen-bond donors (Lipinski definition) is 3.